The number of aliphatic hydroxyl groups excluding tert-OH is 1. The van der Waals surface area contributed by atoms with Gasteiger partial charge in [0.15, 0.2) is 0 Å². The molecule has 0 aliphatic heterocycles. The second-order valence-corrected chi connectivity index (χ2v) is 10.4. The van der Waals surface area contributed by atoms with Crippen molar-refractivity contribution in [1.82, 2.24) is 16.0 Å². The summed E-state index contributed by atoms with van der Waals surface area (Å²) >= 11 is 0. The van der Waals surface area contributed by atoms with Gasteiger partial charge in [-0.1, -0.05) is 20.3 Å². The average molecular weight is 663 g/mol. The average Bonchev–Trinajstić information content (AvgIpc) is 2.99. The van der Waals surface area contributed by atoms with Gasteiger partial charge in [0.1, 0.15) is 26.0 Å². The van der Waals surface area contributed by atoms with E-state index in [1.165, 1.54) is 7.11 Å². The van der Waals surface area contributed by atoms with Gasteiger partial charge >= 0.3 is 12.2 Å². The van der Waals surface area contributed by atoms with Crippen LogP contribution in [0.5, 0.6) is 0 Å². The fraction of sp³-hybridized carbons (Fsp3) is 0.885. The lowest BCUT2D eigenvalue weighted by Gasteiger charge is -2.19. The largest absolute Gasteiger partial charge is 0.756 e. The standard InChI is InChI=1S/C25H50N3O14P.CH4/c1-35-17-18-38-21-28-25(32)41-20-22(19-40-24(31)27-11-16-37-13-8-12-29)39-14-7-9-23(30)26-10-5-3-4-6-15-42-43(33,34)36-2;/h22,29H,3-21H2,1-2H3,(H,26,30)(H,27,31)(H,28,32)(H,33,34);1H4/p-1. The van der Waals surface area contributed by atoms with Crippen molar-refractivity contribution in [3.8, 4) is 0 Å². The molecule has 0 aromatic heterocycles. The minimum absolute atomic E-state index is 0. The Morgan fingerprint density at radius 1 is 0.773 bits per heavy atom. The molecule has 0 saturated carbocycles. The molecule has 0 radical (unpaired) electrons. The van der Waals surface area contributed by atoms with Gasteiger partial charge in [-0.25, -0.2) is 9.59 Å². The first-order chi connectivity index (χ1) is 20.7. The van der Waals surface area contributed by atoms with Crippen LogP contribution in [0.2, 0.25) is 0 Å². The molecule has 4 N–H and O–H groups in total. The normalized spacial score (nSPS) is 12.8. The Labute approximate surface area is 260 Å². The lowest BCUT2D eigenvalue weighted by atomic mass is 10.2. The minimum Gasteiger partial charge on any atom is -0.756 e. The smallest absolute Gasteiger partial charge is 0.409 e. The van der Waals surface area contributed by atoms with E-state index in [-0.39, 0.29) is 72.7 Å². The number of unbranched alkanes of at least 4 members (excludes halogenated alkanes) is 3. The summed E-state index contributed by atoms with van der Waals surface area (Å²) < 4.78 is 51.1. The molecule has 18 heteroatoms. The van der Waals surface area contributed by atoms with Gasteiger partial charge in [-0.2, -0.15) is 0 Å². The predicted molar refractivity (Wildman–Crippen MR) is 157 cm³/mol. The van der Waals surface area contributed by atoms with E-state index < -0.39 is 26.1 Å². The Balaban J connectivity index is 0. The molecule has 0 spiro atoms. The number of amides is 3. The Hall–Kier alpha value is -2.08. The first kappa shape index (κ1) is 44.0. The third-order valence-electron chi connectivity index (χ3n) is 5.28. The van der Waals surface area contributed by atoms with Crippen molar-refractivity contribution in [2.75, 3.05) is 93.5 Å². The summed E-state index contributed by atoms with van der Waals surface area (Å²) in [6.45, 7) is 1.73. The molecule has 0 aliphatic carbocycles. The summed E-state index contributed by atoms with van der Waals surface area (Å²) in [6, 6.07) is 0. The zero-order valence-electron chi connectivity index (χ0n) is 25.2. The number of carbonyl (C=O) groups excluding carboxylic acids is 3. The first-order valence-corrected chi connectivity index (χ1v) is 15.7. The lowest BCUT2D eigenvalue weighted by Crippen LogP contribution is -2.35. The highest BCUT2D eigenvalue weighted by atomic mass is 31.2. The molecule has 0 saturated heterocycles. The van der Waals surface area contributed by atoms with Crippen LogP contribution < -0.4 is 20.8 Å². The van der Waals surface area contributed by atoms with Gasteiger partial charge in [0.05, 0.1) is 26.4 Å². The van der Waals surface area contributed by atoms with E-state index in [0.717, 1.165) is 26.4 Å². The van der Waals surface area contributed by atoms with Crippen LogP contribution in [0.15, 0.2) is 0 Å². The van der Waals surface area contributed by atoms with Crippen LogP contribution >= 0.6 is 7.82 Å². The van der Waals surface area contributed by atoms with Crippen molar-refractivity contribution in [3.05, 3.63) is 0 Å². The number of methoxy groups -OCH3 is 1. The Morgan fingerprint density at radius 3 is 2.16 bits per heavy atom. The van der Waals surface area contributed by atoms with Crippen LogP contribution in [-0.4, -0.2) is 123 Å². The first-order valence-electron chi connectivity index (χ1n) is 14.2. The fourth-order valence-corrected chi connectivity index (χ4v) is 3.47. The highest BCUT2D eigenvalue weighted by Gasteiger charge is 2.16. The van der Waals surface area contributed by atoms with Gasteiger partial charge in [0.2, 0.25) is 5.91 Å². The van der Waals surface area contributed by atoms with E-state index in [1.807, 2.05) is 0 Å². The molecule has 44 heavy (non-hydrogen) atoms. The van der Waals surface area contributed by atoms with E-state index in [9.17, 15) is 23.8 Å². The van der Waals surface area contributed by atoms with Crippen molar-refractivity contribution < 1.29 is 66.4 Å². The summed E-state index contributed by atoms with van der Waals surface area (Å²) in [6.07, 6.45) is 1.68. The van der Waals surface area contributed by atoms with Crippen LogP contribution in [-0.2, 0) is 46.8 Å². The monoisotopic (exact) mass is 662 g/mol. The number of rotatable bonds is 29. The van der Waals surface area contributed by atoms with Gasteiger partial charge < -0.3 is 58.1 Å². The Kier molecular flexibility index (Phi) is 31.0. The summed E-state index contributed by atoms with van der Waals surface area (Å²) in [5.74, 6) is -0.156. The summed E-state index contributed by atoms with van der Waals surface area (Å²) in [7, 11) is -1.62. The van der Waals surface area contributed by atoms with Gasteiger partial charge in [-0.15, -0.1) is 0 Å². The highest BCUT2D eigenvalue weighted by Crippen LogP contribution is 2.36. The number of nitrogens with one attached hydrogen (secondary N) is 3. The molecule has 0 heterocycles. The van der Waals surface area contributed by atoms with Crippen LogP contribution in [0.4, 0.5) is 9.59 Å². The van der Waals surface area contributed by atoms with Crippen molar-refractivity contribution in [2.45, 2.75) is 58.5 Å². The van der Waals surface area contributed by atoms with Gasteiger partial charge in [-0.05, 0) is 25.7 Å². The maximum Gasteiger partial charge on any atom is 0.409 e. The minimum atomic E-state index is -4.19. The van der Waals surface area contributed by atoms with Crippen molar-refractivity contribution in [2.24, 2.45) is 0 Å². The molecule has 17 nitrogen and oxygen atoms in total. The number of phosphoric acid groups is 1. The van der Waals surface area contributed by atoms with E-state index in [2.05, 4.69) is 25.0 Å². The predicted octanol–water partition coefficient (Wildman–Crippen LogP) is 1.07. The zero-order valence-corrected chi connectivity index (χ0v) is 26.1. The second-order valence-electron chi connectivity index (χ2n) is 8.86. The molecular formula is C26H53N3O14P-. The number of aliphatic hydroxyl groups is 1. The molecule has 262 valence electrons. The third-order valence-corrected chi connectivity index (χ3v) is 6.23. The number of hydrogen-bond donors (Lipinski definition) is 4. The second kappa shape index (κ2) is 30.9. The van der Waals surface area contributed by atoms with Crippen molar-refractivity contribution >= 4 is 25.9 Å². The summed E-state index contributed by atoms with van der Waals surface area (Å²) in [4.78, 5) is 47.0. The Morgan fingerprint density at radius 2 is 1.48 bits per heavy atom. The molecule has 3 amide bonds. The van der Waals surface area contributed by atoms with Crippen LogP contribution in [0.25, 0.3) is 0 Å². The molecule has 0 aromatic rings. The van der Waals surface area contributed by atoms with Gasteiger partial charge in [0.25, 0.3) is 7.82 Å². The molecule has 0 fully saturated rings. The maximum absolute atomic E-state index is 12.1. The quantitative estimate of drug-likeness (QED) is 0.0500. The molecular weight excluding hydrogens is 609 g/mol. The van der Waals surface area contributed by atoms with Crippen molar-refractivity contribution in [1.29, 1.82) is 0 Å². The van der Waals surface area contributed by atoms with E-state index in [0.29, 0.717) is 45.6 Å². The SMILES string of the molecule is C.COCCOCNC(=O)OCC(COC(=O)NCCOCCCO)OCCCC(=O)NCCCCCCOP(=O)([O-])OC. The molecule has 0 bridgehead atoms. The van der Waals surface area contributed by atoms with E-state index >= 15 is 0 Å². The topological polar surface area (TPSA) is 221 Å². The van der Waals surface area contributed by atoms with E-state index in [4.69, 9.17) is 33.5 Å². The van der Waals surface area contributed by atoms with Crippen LogP contribution in [0, 0.1) is 0 Å². The summed E-state index contributed by atoms with van der Waals surface area (Å²) in [5.41, 5.74) is 0. The third kappa shape index (κ3) is 30.0. The zero-order chi connectivity index (χ0) is 32.0. The Bertz CT molecular complexity index is 765. The van der Waals surface area contributed by atoms with Gasteiger partial charge in [0, 0.05) is 53.6 Å². The van der Waals surface area contributed by atoms with Gasteiger partial charge in [-0.3, -0.25) is 14.7 Å². The maximum atomic E-state index is 12.1. The highest BCUT2D eigenvalue weighted by molar-refractivity contribution is 7.45. The fourth-order valence-electron chi connectivity index (χ4n) is 3.01. The van der Waals surface area contributed by atoms with Crippen LogP contribution in [0.1, 0.15) is 52.4 Å². The molecule has 0 aliphatic rings. The molecule has 0 aromatic carbocycles. The number of carbonyl (C=O) groups is 3. The number of alkyl carbamates (subject to hydrolysis) is 2. The lowest BCUT2D eigenvalue weighted by molar-refractivity contribution is -0.223. The number of hydrogen-bond acceptors (Lipinski definition) is 14. The number of ether oxygens (including phenoxy) is 6. The molecule has 2 unspecified atom stereocenters. The van der Waals surface area contributed by atoms with Crippen molar-refractivity contribution in [3.63, 3.8) is 0 Å². The molecule has 2 atom stereocenters. The summed E-state index contributed by atoms with van der Waals surface area (Å²) in [5, 5.41) is 16.4. The molecule has 0 rings (SSSR count). The van der Waals surface area contributed by atoms with E-state index in [1.54, 1.807) is 0 Å². The number of phosphoric ester groups is 1. The van der Waals surface area contributed by atoms with Crippen LogP contribution in [0.3, 0.4) is 0 Å².